The number of ether oxygens (including phenoxy) is 1. The summed E-state index contributed by atoms with van der Waals surface area (Å²) in [6.07, 6.45) is 5.55. The highest BCUT2D eigenvalue weighted by atomic mass is 32.1. The molecule has 0 aliphatic carbocycles. The number of pyridine rings is 2. The molecule has 0 saturated carbocycles. The molecule has 7 heteroatoms. The van der Waals surface area contributed by atoms with E-state index in [9.17, 15) is 0 Å². The molecular formula is C17H19N5OS. The Morgan fingerprint density at radius 3 is 2.71 bits per heavy atom. The van der Waals surface area contributed by atoms with Gasteiger partial charge in [-0.25, -0.2) is 9.97 Å². The molecule has 0 aromatic carbocycles. The molecule has 0 unspecified atom stereocenters. The fourth-order valence-electron chi connectivity index (χ4n) is 2.88. The van der Waals surface area contributed by atoms with Crippen LogP contribution in [-0.4, -0.2) is 53.1 Å². The first-order valence-electron chi connectivity index (χ1n) is 7.98. The largest absolute Gasteiger partial charge is 0.481 e. The molecule has 1 fully saturated rings. The van der Waals surface area contributed by atoms with Gasteiger partial charge < -0.3 is 9.64 Å². The van der Waals surface area contributed by atoms with Gasteiger partial charge in [0.05, 0.1) is 18.0 Å². The Kier molecular flexibility index (Phi) is 4.27. The Labute approximate surface area is 144 Å². The number of anilines is 1. The minimum Gasteiger partial charge on any atom is -0.481 e. The van der Waals surface area contributed by atoms with E-state index in [1.807, 2.05) is 30.7 Å². The maximum Gasteiger partial charge on any atom is 0.212 e. The number of methoxy groups -OCH3 is 1. The van der Waals surface area contributed by atoms with Crippen molar-refractivity contribution >= 4 is 26.7 Å². The molecule has 0 bridgehead atoms. The summed E-state index contributed by atoms with van der Waals surface area (Å²) in [5.74, 6) is 0.661. The van der Waals surface area contributed by atoms with Crippen LogP contribution in [-0.2, 0) is 6.54 Å². The lowest BCUT2D eigenvalue weighted by Crippen LogP contribution is -2.45. The summed E-state index contributed by atoms with van der Waals surface area (Å²) in [6, 6.07) is 6.03. The van der Waals surface area contributed by atoms with Crippen LogP contribution in [0, 0.1) is 0 Å². The van der Waals surface area contributed by atoms with Gasteiger partial charge in [0.15, 0.2) is 5.13 Å². The summed E-state index contributed by atoms with van der Waals surface area (Å²) in [5.41, 5.74) is 2.21. The van der Waals surface area contributed by atoms with Gasteiger partial charge in [-0.2, -0.15) is 0 Å². The van der Waals surface area contributed by atoms with Gasteiger partial charge in [0, 0.05) is 51.2 Å². The van der Waals surface area contributed by atoms with Crippen molar-refractivity contribution in [2.45, 2.75) is 6.54 Å². The Bertz CT molecular complexity index is 778. The number of aromatic nitrogens is 3. The first-order valence-corrected chi connectivity index (χ1v) is 8.80. The minimum absolute atomic E-state index is 0.661. The number of hydrogen-bond donors (Lipinski definition) is 0. The van der Waals surface area contributed by atoms with Crippen LogP contribution < -0.4 is 9.64 Å². The monoisotopic (exact) mass is 341 g/mol. The first kappa shape index (κ1) is 15.3. The van der Waals surface area contributed by atoms with E-state index in [2.05, 4.69) is 25.8 Å². The number of thiazole rings is 1. The summed E-state index contributed by atoms with van der Waals surface area (Å²) in [5, 5.41) is 1.10. The molecule has 3 aromatic heterocycles. The number of hydrogen-bond acceptors (Lipinski definition) is 7. The van der Waals surface area contributed by atoms with Gasteiger partial charge in [0.2, 0.25) is 5.88 Å². The first-order chi connectivity index (χ1) is 11.8. The Morgan fingerprint density at radius 2 is 2.00 bits per heavy atom. The fourth-order valence-corrected chi connectivity index (χ4v) is 3.87. The quantitative estimate of drug-likeness (QED) is 0.726. The Morgan fingerprint density at radius 1 is 1.12 bits per heavy atom. The molecule has 124 valence electrons. The number of fused-ring (bicyclic) bond motifs is 1. The third-order valence-electron chi connectivity index (χ3n) is 4.23. The second kappa shape index (κ2) is 6.70. The van der Waals surface area contributed by atoms with Crippen molar-refractivity contribution in [2.24, 2.45) is 0 Å². The lowest BCUT2D eigenvalue weighted by atomic mass is 10.2. The molecule has 0 spiro atoms. The second-order valence-electron chi connectivity index (χ2n) is 5.81. The van der Waals surface area contributed by atoms with Gasteiger partial charge in [0.25, 0.3) is 0 Å². The zero-order valence-corrected chi connectivity index (χ0v) is 14.4. The Hall–Kier alpha value is -2.25. The number of nitrogens with zero attached hydrogens (tertiary/aromatic N) is 5. The predicted molar refractivity (Wildman–Crippen MR) is 95.7 cm³/mol. The van der Waals surface area contributed by atoms with Crippen molar-refractivity contribution in [2.75, 3.05) is 38.2 Å². The molecule has 3 aromatic rings. The standard InChI is InChI=1S/C17H19N5OS/c1-23-16-3-2-13(10-19-16)12-21-6-8-22(9-7-21)17-20-14-11-18-5-4-15(14)24-17/h2-5,10-11H,6-9,12H2,1H3. The molecule has 4 heterocycles. The molecule has 1 aliphatic rings. The molecule has 0 amide bonds. The van der Waals surface area contributed by atoms with Gasteiger partial charge in [-0.15, -0.1) is 0 Å². The van der Waals surface area contributed by atoms with E-state index in [0.29, 0.717) is 5.88 Å². The highest BCUT2D eigenvalue weighted by Crippen LogP contribution is 2.28. The molecule has 6 nitrogen and oxygen atoms in total. The normalized spacial score (nSPS) is 15.8. The number of rotatable bonds is 4. The van der Waals surface area contributed by atoms with Crippen molar-refractivity contribution < 1.29 is 4.74 Å². The minimum atomic E-state index is 0.661. The zero-order chi connectivity index (χ0) is 16.4. The van der Waals surface area contributed by atoms with Crippen LogP contribution >= 0.6 is 11.3 Å². The van der Waals surface area contributed by atoms with Crippen molar-refractivity contribution in [3.63, 3.8) is 0 Å². The Balaban J connectivity index is 1.37. The van der Waals surface area contributed by atoms with Crippen LogP contribution in [0.5, 0.6) is 5.88 Å². The molecular weight excluding hydrogens is 322 g/mol. The molecule has 0 radical (unpaired) electrons. The van der Waals surface area contributed by atoms with Gasteiger partial charge in [-0.05, 0) is 11.6 Å². The molecule has 0 N–H and O–H groups in total. The molecule has 4 rings (SSSR count). The van der Waals surface area contributed by atoms with E-state index < -0.39 is 0 Å². The van der Waals surface area contributed by atoms with Gasteiger partial charge in [-0.1, -0.05) is 17.4 Å². The second-order valence-corrected chi connectivity index (χ2v) is 6.82. The van der Waals surface area contributed by atoms with E-state index in [-0.39, 0.29) is 0 Å². The smallest absolute Gasteiger partial charge is 0.212 e. The lowest BCUT2D eigenvalue weighted by Gasteiger charge is -2.34. The third kappa shape index (κ3) is 3.18. The molecule has 1 saturated heterocycles. The van der Waals surface area contributed by atoms with Crippen LogP contribution in [0.15, 0.2) is 36.8 Å². The van der Waals surface area contributed by atoms with Crippen LogP contribution in [0.25, 0.3) is 10.2 Å². The fraction of sp³-hybridized carbons (Fsp3) is 0.353. The molecule has 1 aliphatic heterocycles. The van der Waals surface area contributed by atoms with Gasteiger partial charge in [0.1, 0.15) is 5.52 Å². The summed E-state index contributed by atoms with van der Waals surface area (Å²) in [6.45, 7) is 4.97. The maximum absolute atomic E-state index is 5.11. The average molecular weight is 341 g/mol. The van der Waals surface area contributed by atoms with Crippen molar-refractivity contribution in [1.29, 1.82) is 0 Å². The van der Waals surface area contributed by atoms with E-state index in [1.54, 1.807) is 18.4 Å². The predicted octanol–water partition coefficient (Wildman–Crippen LogP) is 2.42. The van der Waals surface area contributed by atoms with E-state index >= 15 is 0 Å². The topological polar surface area (TPSA) is 54.4 Å². The van der Waals surface area contributed by atoms with Crippen molar-refractivity contribution in [3.8, 4) is 5.88 Å². The third-order valence-corrected chi connectivity index (χ3v) is 5.33. The van der Waals surface area contributed by atoms with Crippen LogP contribution in [0.3, 0.4) is 0 Å². The highest BCUT2D eigenvalue weighted by molar-refractivity contribution is 7.22. The summed E-state index contributed by atoms with van der Waals surface area (Å²) in [7, 11) is 1.64. The summed E-state index contributed by atoms with van der Waals surface area (Å²) in [4.78, 5) is 17.9. The summed E-state index contributed by atoms with van der Waals surface area (Å²) < 4.78 is 6.31. The van der Waals surface area contributed by atoms with Gasteiger partial charge in [-0.3, -0.25) is 9.88 Å². The highest BCUT2D eigenvalue weighted by Gasteiger charge is 2.20. The van der Waals surface area contributed by atoms with Crippen molar-refractivity contribution in [1.82, 2.24) is 19.9 Å². The maximum atomic E-state index is 5.11. The summed E-state index contributed by atoms with van der Waals surface area (Å²) >= 11 is 1.75. The van der Waals surface area contributed by atoms with Gasteiger partial charge >= 0.3 is 0 Å². The van der Waals surface area contributed by atoms with E-state index in [0.717, 1.165) is 43.4 Å². The van der Waals surface area contributed by atoms with Crippen LogP contribution in [0.2, 0.25) is 0 Å². The van der Waals surface area contributed by atoms with Crippen LogP contribution in [0.1, 0.15) is 5.56 Å². The zero-order valence-electron chi connectivity index (χ0n) is 13.6. The van der Waals surface area contributed by atoms with Crippen LogP contribution in [0.4, 0.5) is 5.13 Å². The average Bonchev–Trinajstić information content (AvgIpc) is 3.07. The molecule has 24 heavy (non-hydrogen) atoms. The van der Waals surface area contributed by atoms with Crippen molar-refractivity contribution in [3.05, 3.63) is 42.4 Å². The van der Waals surface area contributed by atoms with E-state index in [1.165, 1.54) is 10.3 Å². The SMILES string of the molecule is COc1ccc(CN2CCN(c3nc4cnccc4s3)CC2)cn1. The van der Waals surface area contributed by atoms with E-state index in [4.69, 9.17) is 9.72 Å². The molecule has 0 atom stereocenters. The lowest BCUT2D eigenvalue weighted by molar-refractivity contribution is 0.249. The number of piperazine rings is 1.